The summed E-state index contributed by atoms with van der Waals surface area (Å²) < 4.78 is 20.1. The molecule has 158 valence electrons. The molecule has 9 heteroatoms. The fourth-order valence-corrected chi connectivity index (χ4v) is 5.64. The van der Waals surface area contributed by atoms with Crippen molar-refractivity contribution in [1.82, 2.24) is 14.9 Å². The van der Waals surface area contributed by atoms with Crippen LogP contribution in [0.2, 0.25) is 0 Å². The molecule has 4 rings (SSSR count). The number of fused-ring (bicyclic) bond motifs is 1. The zero-order valence-corrected chi connectivity index (χ0v) is 18.2. The van der Waals surface area contributed by atoms with E-state index >= 15 is 0 Å². The maximum atomic E-state index is 13.5. The first kappa shape index (κ1) is 21.0. The number of nitrogens with one attached hydrogen (secondary N) is 1. The molecule has 1 fully saturated rings. The number of benzene rings is 1. The number of hydrogen-bond donors (Lipinski definition) is 1. The first-order valence-electron chi connectivity index (χ1n) is 9.79. The van der Waals surface area contributed by atoms with Crippen molar-refractivity contribution in [1.29, 1.82) is 0 Å². The van der Waals surface area contributed by atoms with Crippen molar-refractivity contribution < 1.29 is 13.9 Å². The van der Waals surface area contributed by atoms with Crippen molar-refractivity contribution in [2.75, 3.05) is 20.3 Å². The number of ether oxygens (including phenoxy) is 1. The molecule has 1 amide bonds. The minimum absolute atomic E-state index is 0.0108. The van der Waals surface area contributed by atoms with E-state index in [1.807, 2.05) is 5.38 Å². The van der Waals surface area contributed by atoms with Gasteiger partial charge in [0.15, 0.2) is 5.16 Å². The van der Waals surface area contributed by atoms with Crippen LogP contribution in [0.4, 0.5) is 4.39 Å². The third-order valence-corrected chi connectivity index (χ3v) is 7.19. The van der Waals surface area contributed by atoms with Crippen LogP contribution in [-0.2, 0) is 16.1 Å². The molecule has 0 spiro atoms. The molecule has 1 aliphatic heterocycles. The standard InChI is InChI=1S/C21H22FN3O3S2/c1-28-11-10-25-20(27)17-15(13-5-7-14(22)8-6-13)12-29-19(17)24-21(25)30-16-4-2-3-9-23-18(16)26/h5-8,12,16H,2-4,9-11H2,1H3,(H,23,26)/t16-/m0/s1. The number of thioether (sulfide) groups is 1. The zero-order chi connectivity index (χ0) is 21.1. The van der Waals surface area contributed by atoms with Gasteiger partial charge in [0.05, 0.1) is 23.8 Å². The number of halogens is 1. The number of rotatable bonds is 6. The zero-order valence-electron chi connectivity index (χ0n) is 16.5. The molecule has 1 atom stereocenters. The molecular formula is C21H22FN3O3S2. The molecule has 30 heavy (non-hydrogen) atoms. The molecule has 1 aromatic carbocycles. The van der Waals surface area contributed by atoms with Gasteiger partial charge in [-0.1, -0.05) is 30.3 Å². The van der Waals surface area contributed by atoms with Crippen LogP contribution >= 0.6 is 23.1 Å². The van der Waals surface area contributed by atoms with Gasteiger partial charge >= 0.3 is 0 Å². The normalized spacial score (nSPS) is 17.1. The fourth-order valence-electron chi connectivity index (χ4n) is 3.47. The van der Waals surface area contributed by atoms with Crippen LogP contribution in [0, 0.1) is 5.82 Å². The predicted octanol–water partition coefficient (Wildman–Crippen LogP) is 3.67. The van der Waals surface area contributed by atoms with E-state index in [9.17, 15) is 14.0 Å². The second kappa shape index (κ2) is 9.28. The number of amides is 1. The number of carbonyl (C=O) groups excluding carboxylic acids is 1. The highest BCUT2D eigenvalue weighted by Crippen LogP contribution is 2.34. The fraction of sp³-hybridized carbons (Fsp3) is 0.381. The van der Waals surface area contributed by atoms with E-state index in [4.69, 9.17) is 9.72 Å². The molecule has 6 nitrogen and oxygen atoms in total. The second-order valence-corrected chi connectivity index (χ2v) is 9.10. The Morgan fingerprint density at radius 1 is 1.30 bits per heavy atom. The third-order valence-electron chi connectivity index (χ3n) is 5.07. The molecule has 0 bridgehead atoms. The largest absolute Gasteiger partial charge is 0.383 e. The van der Waals surface area contributed by atoms with Gasteiger partial charge in [-0.25, -0.2) is 9.37 Å². The molecule has 1 saturated heterocycles. The Balaban J connectivity index is 1.79. The van der Waals surface area contributed by atoms with Crippen molar-refractivity contribution in [3.8, 4) is 11.1 Å². The van der Waals surface area contributed by atoms with Crippen molar-refractivity contribution in [2.24, 2.45) is 0 Å². The van der Waals surface area contributed by atoms with E-state index in [1.165, 1.54) is 35.2 Å². The topological polar surface area (TPSA) is 73.2 Å². The average Bonchev–Trinajstić information content (AvgIpc) is 3.06. The second-order valence-electron chi connectivity index (χ2n) is 7.07. The Morgan fingerprint density at radius 2 is 2.10 bits per heavy atom. The molecule has 0 aliphatic carbocycles. The summed E-state index contributed by atoms with van der Waals surface area (Å²) >= 11 is 2.72. The lowest BCUT2D eigenvalue weighted by molar-refractivity contribution is -0.120. The smallest absolute Gasteiger partial charge is 0.263 e. The van der Waals surface area contributed by atoms with Gasteiger partial charge in [0.2, 0.25) is 5.91 Å². The number of thiophene rings is 1. The summed E-state index contributed by atoms with van der Waals surface area (Å²) in [6.07, 6.45) is 2.66. The first-order valence-corrected chi connectivity index (χ1v) is 11.6. The van der Waals surface area contributed by atoms with Gasteiger partial charge in [-0.3, -0.25) is 14.2 Å². The lowest BCUT2D eigenvalue weighted by Gasteiger charge is -2.16. The van der Waals surface area contributed by atoms with Gasteiger partial charge < -0.3 is 10.1 Å². The Labute approximate surface area is 181 Å². The maximum Gasteiger partial charge on any atom is 0.263 e. The molecule has 1 aliphatic rings. The van der Waals surface area contributed by atoms with Gasteiger partial charge in [-0.15, -0.1) is 11.3 Å². The highest BCUT2D eigenvalue weighted by molar-refractivity contribution is 8.00. The van der Waals surface area contributed by atoms with E-state index < -0.39 is 0 Å². The van der Waals surface area contributed by atoms with E-state index in [0.29, 0.717) is 35.1 Å². The maximum absolute atomic E-state index is 13.5. The van der Waals surface area contributed by atoms with Crippen molar-refractivity contribution in [2.45, 2.75) is 36.2 Å². The van der Waals surface area contributed by atoms with Gasteiger partial charge in [-0.2, -0.15) is 0 Å². The van der Waals surface area contributed by atoms with Gasteiger partial charge in [0, 0.05) is 24.6 Å². The van der Waals surface area contributed by atoms with Crippen molar-refractivity contribution in [3.05, 3.63) is 45.8 Å². The summed E-state index contributed by atoms with van der Waals surface area (Å²) in [6, 6.07) is 6.08. The highest BCUT2D eigenvalue weighted by Gasteiger charge is 2.25. The molecular weight excluding hydrogens is 425 g/mol. The summed E-state index contributed by atoms with van der Waals surface area (Å²) in [6.45, 7) is 1.38. The molecule has 0 unspecified atom stereocenters. The number of carbonyl (C=O) groups is 1. The van der Waals surface area contributed by atoms with E-state index in [2.05, 4.69) is 5.32 Å². The Kier molecular flexibility index (Phi) is 6.50. The molecule has 2 aromatic heterocycles. The first-order chi connectivity index (χ1) is 14.6. The van der Waals surface area contributed by atoms with Crippen LogP contribution < -0.4 is 10.9 Å². The van der Waals surface area contributed by atoms with Crippen LogP contribution in [0.1, 0.15) is 19.3 Å². The van der Waals surface area contributed by atoms with E-state index in [-0.39, 0.29) is 22.5 Å². The van der Waals surface area contributed by atoms with Crippen molar-refractivity contribution in [3.63, 3.8) is 0 Å². The Bertz CT molecular complexity index is 1110. The number of hydrogen-bond acceptors (Lipinski definition) is 6. The summed E-state index contributed by atoms with van der Waals surface area (Å²) in [4.78, 5) is 31.2. The summed E-state index contributed by atoms with van der Waals surface area (Å²) in [5.41, 5.74) is 1.33. The number of aromatic nitrogens is 2. The third kappa shape index (κ3) is 4.28. The minimum Gasteiger partial charge on any atom is -0.383 e. The minimum atomic E-state index is -0.325. The number of methoxy groups -OCH3 is 1. The lowest BCUT2D eigenvalue weighted by atomic mass is 10.1. The van der Waals surface area contributed by atoms with Crippen LogP contribution in [-0.4, -0.2) is 41.0 Å². The average molecular weight is 448 g/mol. The lowest BCUT2D eigenvalue weighted by Crippen LogP contribution is -2.32. The van der Waals surface area contributed by atoms with Gasteiger partial charge in [-0.05, 0) is 30.5 Å². The Morgan fingerprint density at radius 3 is 2.87 bits per heavy atom. The quantitative estimate of drug-likeness (QED) is 0.584. The molecule has 0 radical (unpaired) electrons. The van der Waals surface area contributed by atoms with Gasteiger partial charge in [0.1, 0.15) is 10.6 Å². The molecule has 1 N–H and O–H groups in total. The molecule has 3 aromatic rings. The Hall–Kier alpha value is -2.23. The van der Waals surface area contributed by atoms with Crippen molar-refractivity contribution >= 4 is 39.2 Å². The van der Waals surface area contributed by atoms with E-state index in [0.717, 1.165) is 30.4 Å². The predicted molar refractivity (Wildman–Crippen MR) is 118 cm³/mol. The summed E-state index contributed by atoms with van der Waals surface area (Å²) in [5.74, 6) is -0.336. The SMILES string of the molecule is COCCn1c(S[C@H]2CCCCNC2=O)nc2scc(-c3ccc(F)cc3)c2c1=O. The summed E-state index contributed by atoms with van der Waals surface area (Å²) in [7, 11) is 1.58. The van der Waals surface area contributed by atoms with Crippen LogP contribution in [0.15, 0.2) is 39.6 Å². The molecule has 3 heterocycles. The van der Waals surface area contributed by atoms with Crippen LogP contribution in [0.5, 0.6) is 0 Å². The van der Waals surface area contributed by atoms with Crippen LogP contribution in [0.3, 0.4) is 0 Å². The highest BCUT2D eigenvalue weighted by atomic mass is 32.2. The van der Waals surface area contributed by atoms with Crippen LogP contribution in [0.25, 0.3) is 21.3 Å². The van der Waals surface area contributed by atoms with Gasteiger partial charge in [0.25, 0.3) is 5.56 Å². The summed E-state index contributed by atoms with van der Waals surface area (Å²) in [5, 5.41) is 5.57. The molecule has 0 saturated carbocycles. The monoisotopic (exact) mass is 447 g/mol. The number of nitrogens with zero attached hydrogens (tertiary/aromatic N) is 2. The van der Waals surface area contributed by atoms with E-state index in [1.54, 1.807) is 23.8 Å².